The Hall–Kier alpha value is -2.20. The van der Waals surface area contributed by atoms with Crippen LogP contribution in [0.3, 0.4) is 0 Å². The first-order valence-corrected chi connectivity index (χ1v) is 7.19. The number of aromatic nitrogens is 1. The van der Waals surface area contributed by atoms with E-state index in [4.69, 9.17) is 0 Å². The van der Waals surface area contributed by atoms with Crippen molar-refractivity contribution < 1.29 is 4.79 Å². The third-order valence-corrected chi connectivity index (χ3v) is 3.96. The van der Waals surface area contributed by atoms with Crippen LogP contribution < -0.4 is 5.32 Å². The number of anilines is 1. The van der Waals surface area contributed by atoms with Crippen LogP contribution in [0.2, 0.25) is 0 Å². The van der Waals surface area contributed by atoms with Crippen LogP contribution >= 0.6 is 11.3 Å². The van der Waals surface area contributed by atoms with Gasteiger partial charge >= 0.3 is 0 Å². The van der Waals surface area contributed by atoms with Crippen LogP contribution in [0.4, 0.5) is 5.13 Å². The molecule has 3 rings (SSSR count). The first-order chi connectivity index (χ1) is 9.61. The van der Waals surface area contributed by atoms with Crippen molar-refractivity contribution in [2.24, 2.45) is 0 Å². The van der Waals surface area contributed by atoms with Crippen molar-refractivity contribution in [3.63, 3.8) is 0 Å². The van der Waals surface area contributed by atoms with E-state index < -0.39 is 0 Å². The van der Waals surface area contributed by atoms with E-state index in [2.05, 4.69) is 53.6 Å². The molecule has 0 unspecified atom stereocenters. The molecule has 20 heavy (non-hydrogen) atoms. The molecule has 0 radical (unpaired) electrons. The van der Waals surface area contributed by atoms with Crippen molar-refractivity contribution in [3.8, 4) is 11.1 Å². The lowest BCUT2D eigenvalue weighted by molar-refractivity contribution is -0.114. The van der Waals surface area contributed by atoms with Gasteiger partial charge in [0, 0.05) is 6.92 Å². The van der Waals surface area contributed by atoms with Gasteiger partial charge in [-0.05, 0) is 30.2 Å². The average molecular weight is 282 g/mol. The fourth-order valence-electron chi connectivity index (χ4n) is 2.13. The predicted octanol–water partition coefficient (Wildman–Crippen LogP) is 4.23. The number of rotatable bonds is 2. The number of fused-ring (bicyclic) bond motifs is 1. The topological polar surface area (TPSA) is 42.0 Å². The molecule has 0 spiro atoms. The van der Waals surface area contributed by atoms with Gasteiger partial charge in [-0.3, -0.25) is 4.79 Å². The highest BCUT2D eigenvalue weighted by atomic mass is 32.1. The standard InChI is InChI=1S/C16H14N2OS/c1-10-4-3-5-12(8-10)13-6-7-14-15(9-13)20-16(18-14)17-11(2)19/h3-9H,1-2H3,(H,17,18,19). The predicted molar refractivity (Wildman–Crippen MR) is 84.1 cm³/mol. The molecule has 3 nitrogen and oxygen atoms in total. The van der Waals surface area contributed by atoms with Crippen LogP contribution in [0, 0.1) is 6.92 Å². The number of carbonyl (C=O) groups is 1. The number of nitrogens with one attached hydrogen (secondary N) is 1. The smallest absolute Gasteiger partial charge is 0.223 e. The Morgan fingerprint density at radius 1 is 1.15 bits per heavy atom. The number of aryl methyl sites for hydroxylation is 1. The molecule has 4 heteroatoms. The van der Waals surface area contributed by atoms with Crippen LogP contribution in [0.25, 0.3) is 21.3 Å². The maximum absolute atomic E-state index is 11.1. The number of hydrogen-bond donors (Lipinski definition) is 1. The lowest BCUT2D eigenvalue weighted by Crippen LogP contribution is -2.04. The number of carbonyl (C=O) groups excluding carboxylic acids is 1. The second kappa shape index (κ2) is 5.06. The van der Waals surface area contributed by atoms with E-state index in [0.717, 1.165) is 10.2 Å². The molecular weight excluding hydrogens is 268 g/mol. The molecule has 0 aliphatic carbocycles. The minimum Gasteiger partial charge on any atom is -0.302 e. The highest BCUT2D eigenvalue weighted by Gasteiger charge is 2.06. The van der Waals surface area contributed by atoms with Gasteiger partial charge in [0.1, 0.15) is 0 Å². The SMILES string of the molecule is CC(=O)Nc1nc2ccc(-c3cccc(C)c3)cc2s1. The number of hydrogen-bond acceptors (Lipinski definition) is 3. The minimum absolute atomic E-state index is 0.0945. The maximum Gasteiger partial charge on any atom is 0.223 e. The van der Waals surface area contributed by atoms with Gasteiger partial charge in [-0.2, -0.15) is 0 Å². The normalized spacial score (nSPS) is 10.7. The van der Waals surface area contributed by atoms with Crippen molar-refractivity contribution in [1.82, 2.24) is 4.98 Å². The van der Waals surface area contributed by atoms with Crippen molar-refractivity contribution >= 4 is 32.6 Å². The largest absolute Gasteiger partial charge is 0.302 e. The molecule has 0 atom stereocenters. The van der Waals surface area contributed by atoms with Gasteiger partial charge in [0.25, 0.3) is 0 Å². The summed E-state index contributed by atoms with van der Waals surface area (Å²) < 4.78 is 1.08. The van der Waals surface area contributed by atoms with Gasteiger partial charge in [0.15, 0.2) is 5.13 Å². The first-order valence-electron chi connectivity index (χ1n) is 6.37. The molecule has 0 aliphatic rings. The molecule has 1 N–H and O–H groups in total. The van der Waals surface area contributed by atoms with Crippen LogP contribution in [0.1, 0.15) is 12.5 Å². The van der Waals surface area contributed by atoms with Crippen molar-refractivity contribution in [2.75, 3.05) is 5.32 Å². The fraction of sp³-hybridized carbons (Fsp3) is 0.125. The Morgan fingerprint density at radius 2 is 1.95 bits per heavy atom. The number of nitrogens with zero attached hydrogens (tertiary/aromatic N) is 1. The van der Waals surface area contributed by atoms with Crippen molar-refractivity contribution in [1.29, 1.82) is 0 Å². The molecule has 1 aromatic heterocycles. The third-order valence-electron chi connectivity index (χ3n) is 3.02. The summed E-state index contributed by atoms with van der Waals surface area (Å²) >= 11 is 1.50. The van der Waals surface area contributed by atoms with E-state index in [9.17, 15) is 4.79 Å². The van der Waals surface area contributed by atoms with E-state index in [1.807, 2.05) is 6.07 Å². The van der Waals surface area contributed by atoms with Gasteiger partial charge < -0.3 is 5.32 Å². The molecule has 0 saturated carbocycles. The second-order valence-electron chi connectivity index (χ2n) is 4.75. The highest BCUT2D eigenvalue weighted by molar-refractivity contribution is 7.22. The Balaban J connectivity index is 2.04. The van der Waals surface area contributed by atoms with Crippen molar-refractivity contribution in [2.45, 2.75) is 13.8 Å². The van der Waals surface area contributed by atoms with Crippen molar-refractivity contribution in [3.05, 3.63) is 48.0 Å². The van der Waals surface area contributed by atoms with Gasteiger partial charge in [-0.15, -0.1) is 0 Å². The Morgan fingerprint density at radius 3 is 2.70 bits per heavy atom. The van der Waals surface area contributed by atoms with E-state index in [0.29, 0.717) is 5.13 Å². The maximum atomic E-state index is 11.1. The lowest BCUT2D eigenvalue weighted by atomic mass is 10.0. The molecule has 2 aromatic carbocycles. The summed E-state index contributed by atoms with van der Waals surface area (Å²) in [5.74, 6) is -0.0945. The molecule has 3 aromatic rings. The van der Waals surface area contributed by atoms with Crippen LogP contribution in [0.15, 0.2) is 42.5 Å². The van der Waals surface area contributed by atoms with Crippen LogP contribution in [-0.2, 0) is 4.79 Å². The number of thiazole rings is 1. The van der Waals surface area contributed by atoms with Gasteiger partial charge in [-0.1, -0.05) is 47.2 Å². The molecule has 0 aliphatic heterocycles. The molecule has 0 bridgehead atoms. The summed E-state index contributed by atoms with van der Waals surface area (Å²) in [7, 11) is 0. The lowest BCUT2D eigenvalue weighted by Gasteiger charge is -2.02. The average Bonchev–Trinajstić information content (AvgIpc) is 2.78. The summed E-state index contributed by atoms with van der Waals surface area (Å²) in [6, 6.07) is 14.6. The monoisotopic (exact) mass is 282 g/mol. The Bertz CT molecular complexity index is 792. The zero-order valence-corrected chi connectivity index (χ0v) is 12.1. The molecule has 0 fully saturated rings. The molecular formula is C16H14N2OS. The Labute approximate surface area is 121 Å². The minimum atomic E-state index is -0.0945. The highest BCUT2D eigenvalue weighted by Crippen LogP contribution is 2.30. The van der Waals surface area contributed by atoms with Crippen LogP contribution in [0.5, 0.6) is 0 Å². The van der Waals surface area contributed by atoms with Gasteiger partial charge in [-0.25, -0.2) is 4.98 Å². The van der Waals surface area contributed by atoms with Gasteiger partial charge in [0.05, 0.1) is 10.2 Å². The number of amides is 1. The van der Waals surface area contributed by atoms with E-state index in [1.54, 1.807) is 0 Å². The first kappa shape index (κ1) is 12.8. The molecule has 1 heterocycles. The molecule has 100 valence electrons. The summed E-state index contributed by atoms with van der Waals surface area (Å²) in [6.45, 7) is 3.58. The fourth-order valence-corrected chi connectivity index (χ4v) is 3.08. The van der Waals surface area contributed by atoms with E-state index in [1.165, 1.54) is 35.0 Å². The second-order valence-corrected chi connectivity index (χ2v) is 5.78. The van der Waals surface area contributed by atoms with Crippen LogP contribution in [-0.4, -0.2) is 10.9 Å². The summed E-state index contributed by atoms with van der Waals surface area (Å²) in [4.78, 5) is 15.5. The molecule has 0 saturated heterocycles. The van der Waals surface area contributed by atoms with E-state index >= 15 is 0 Å². The zero-order valence-electron chi connectivity index (χ0n) is 11.3. The van der Waals surface area contributed by atoms with E-state index in [-0.39, 0.29) is 5.91 Å². The van der Waals surface area contributed by atoms with Gasteiger partial charge in [0.2, 0.25) is 5.91 Å². The Kier molecular flexibility index (Phi) is 3.24. The third kappa shape index (κ3) is 2.56. The quantitative estimate of drug-likeness (QED) is 0.764. The summed E-state index contributed by atoms with van der Waals surface area (Å²) in [5.41, 5.74) is 4.52. The summed E-state index contributed by atoms with van der Waals surface area (Å²) in [6.07, 6.45) is 0. The zero-order chi connectivity index (χ0) is 14.1. The molecule has 1 amide bonds. The summed E-state index contributed by atoms with van der Waals surface area (Å²) in [5, 5.41) is 3.38. The number of benzene rings is 2.